The molecule has 3 rings (SSSR count). The van der Waals surface area contributed by atoms with E-state index in [9.17, 15) is 0 Å². The van der Waals surface area contributed by atoms with E-state index < -0.39 is 35.8 Å². The van der Waals surface area contributed by atoms with Gasteiger partial charge in [0, 0.05) is 0 Å². The monoisotopic (exact) mass is 328 g/mol. The third kappa shape index (κ3) is 3.26. The summed E-state index contributed by atoms with van der Waals surface area (Å²) in [5.74, 6) is -5.36. The van der Waals surface area contributed by atoms with Gasteiger partial charge < -0.3 is 18.9 Å². The van der Waals surface area contributed by atoms with Gasteiger partial charge in [-0.05, 0) is 33.3 Å². The van der Waals surface area contributed by atoms with Crippen LogP contribution < -0.4 is 0 Å². The molecule has 0 spiro atoms. The van der Waals surface area contributed by atoms with Crippen molar-refractivity contribution in [3.8, 4) is 0 Å². The van der Waals surface area contributed by atoms with Crippen molar-refractivity contribution in [2.45, 2.75) is 63.5 Å². The van der Waals surface area contributed by atoms with Crippen molar-refractivity contribution in [1.82, 2.24) is 0 Å². The van der Waals surface area contributed by atoms with Crippen molar-refractivity contribution in [1.29, 1.82) is 0 Å². The van der Waals surface area contributed by atoms with Crippen LogP contribution in [0.5, 0.6) is 0 Å². The molecule has 2 aliphatic heterocycles. The molecule has 0 N–H and O–H groups in total. The molecule has 0 unspecified atom stereocenters. The normalized spacial score (nSPS) is 33.0. The first-order chi connectivity index (χ1) is 10.6. The largest absolute Gasteiger partial charge is 0.348 e. The molecule has 128 valence electrons. The van der Waals surface area contributed by atoms with E-state index in [1.54, 1.807) is 52.0 Å². The number of rotatable bonds is 3. The zero-order valence-corrected chi connectivity index (χ0v) is 13.7. The lowest BCUT2D eigenvalue weighted by molar-refractivity contribution is -0.230. The van der Waals surface area contributed by atoms with E-state index in [1.807, 2.05) is 6.07 Å². The van der Waals surface area contributed by atoms with Gasteiger partial charge in [-0.15, -0.1) is 0 Å². The molecule has 4 nitrogen and oxygen atoms in total. The number of hydrogen-bond acceptors (Lipinski definition) is 4. The lowest BCUT2D eigenvalue weighted by atomic mass is 9.97. The summed E-state index contributed by atoms with van der Waals surface area (Å²) in [6.45, 7) is 6.33. The van der Waals surface area contributed by atoms with Gasteiger partial charge in [0.15, 0.2) is 23.8 Å². The van der Waals surface area contributed by atoms with Gasteiger partial charge in [0.1, 0.15) is 6.10 Å². The molecule has 23 heavy (non-hydrogen) atoms. The summed E-state index contributed by atoms with van der Waals surface area (Å²) in [5.41, 5.74) is 0.654. The number of benzene rings is 1. The first-order valence-electron chi connectivity index (χ1n) is 7.71. The molecule has 2 aliphatic rings. The Balaban J connectivity index is 1.89. The van der Waals surface area contributed by atoms with Crippen LogP contribution in [0.25, 0.3) is 0 Å². The van der Waals surface area contributed by atoms with E-state index in [2.05, 4.69) is 0 Å². The van der Waals surface area contributed by atoms with Gasteiger partial charge in [-0.2, -0.15) is 0 Å². The molecule has 3 atom stereocenters. The van der Waals surface area contributed by atoms with Gasteiger partial charge >= 0.3 is 5.92 Å². The lowest BCUT2D eigenvalue weighted by Gasteiger charge is -2.30. The molecule has 0 aromatic heterocycles. The highest BCUT2D eigenvalue weighted by atomic mass is 19.3. The van der Waals surface area contributed by atoms with Crippen LogP contribution in [0.15, 0.2) is 30.3 Å². The van der Waals surface area contributed by atoms with Crippen LogP contribution >= 0.6 is 0 Å². The van der Waals surface area contributed by atoms with Crippen LogP contribution in [0, 0.1) is 0 Å². The fourth-order valence-electron chi connectivity index (χ4n) is 2.99. The Labute approximate surface area is 134 Å². The fraction of sp³-hybridized carbons (Fsp3) is 0.647. The second-order valence-electron chi connectivity index (χ2n) is 6.88. The van der Waals surface area contributed by atoms with E-state index in [4.69, 9.17) is 18.9 Å². The van der Waals surface area contributed by atoms with Crippen LogP contribution in [-0.2, 0) is 18.9 Å². The lowest BCUT2D eigenvalue weighted by Crippen LogP contribution is -2.49. The van der Waals surface area contributed by atoms with Gasteiger partial charge in [-0.1, -0.05) is 30.3 Å². The molecular weight excluding hydrogens is 306 g/mol. The van der Waals surface area contributed by atoms with E-state index in [1.165, 1.54) is 0 Å². The van der Waals surface area contributed by atoms with Gasteiger partial charge in [0.05, 0.1) is 6.61 Å². The van der Waals surface area contributed by atoms with Crippen molar-refractivity contribution in [2.24, 2.45) is 0 Å². The highest BCUT2D eigenvalue weighted by Crippen LogP contribution is 2.47. The molecule has 0 amide bonds. The highest BCUT2D eigenvalue weighted by molar-refractivity contribution is 5.21. The Kier molecular flexibility index (Phi) is 3.99. The topological polar surface area (TPSA) is 36.9 Å². The number of alkyl halides is 2. The average molecular weight is 328 g/mol. The predicted octanol–water partition coefficient (Wildman–Crippen LogP) is 3.67. The van der Waals surface area contributed by atoms with Crippen LogP contribution in [0.2, 0.25) is 0 Å². The van der Waals surface area contributed by atoms with Crippen molar-refractivity contribution in [2.75, 3.05) is 6.61 Å². The zero-order valence-electron chi connectivity index (χ0n) is 13.7. The zero-order chi connectivity index (χ0) is 16.9. The molecule has 0 aliphatic carbocycles. The van der Waals surface area contributed by atoms with Crippen LogP contribution in [0.3, 0.4) is 0 Å². The molecule has 2 heterocycles. The second-order valence-corrected chi connectivity index (χ2v) is 6.88. The Morgan fingerprint density at radius 2 is 1.61 bits per heavy atom. The minimum absolute atomic E-state index is 0.179. The second kappa shape index (κ2) is 5.48. The SMILES string of the molecule is CC1(C)OC[C@@H](C(F)(F)[C@H]2OC(C)(C)O[C@@H]2c2ccccc2)O1. The number of hydrogen-bond donors (Lipinski definition) is 0. The summed E-state index contributed by atoms with van der Waals surface area (Å²) in [4.78, 5) is 0. The van der Waals surface area contributed by atoms with Crippen LogP contribution in [-0.4, -0.2) is 36.3 Å². The van der Waals surface area contributed by atoms with Crippen LogP contribution in [0.4, 0.5) is 8.78 Å². The Morgan fingerprint density at radius 3 is 2.17 bits per heavy atom. The van der Waals surface area contributed by atoms with E-state index in [-0.39, 0.29) is 6.61 Å². The molecule has 1 aromatic carbocycles. The maximum absolute atomic E-state index is 15.0. The van der Waals surface area contributed by atoms with Crippen molar-refractivity contribution in [3.63, 3.8) is 0 Å². The molecule has 6 heteroatoms. The summed E-state index contributed by atoms with van der Waals surface area (Å²) in [6.07, 6.45) is -3.68. The van der Waals surface area contributed by atoms with E-state index in [0.717, 1.165) is 0 Å². The Morgan fingerprint density at radius 1 is 0.957 bits per heavy atom. The quantitative estimate of drug-likeness (QED) is 0.848. The number of halogens is 2. The van der Waals surface area contributed by atoms with Gasteiger partial charge in [0.25, 0.3) is 0 Å². The molecule has 0 saturated carbocycles. The Bertz CT molecular complexity index is 559. The first kappa shape index (κ1) is 16.8. The molecule has 0 bridgehead atoms. The third-order valence-electron chi connectivity index (χ3n) is 4.04. The predicted molar refractivity (Wildman–Crippen MR) is 79.1 cm³/mol. The van der Waals surface area contributed by atoms with Gasteiger partial charge in [-0.3, -0.25) is 0 Å². The van der Waals surface area contributed by atoms with E-state index in [0.29, 0.717) is 5.56 Å². The van der Waals surface area contributed by atoms with Gasteiger partial charge in [0.2, 0.25) is 0 Å². The molecule has 2 saturated heterocycles. The summed E-state index contributed by atoms with van der Waals surface area (Å²) in [6, 6.07) is 8.92. The van der Waals surface area contributed by atoms with E-state index >= 15 is 8.78 Å². The highest BCUT2D eigenvalue weighted by Gasteiger charge is 2.61. The molecule has 2 fully saturated rings. The van der Waals surface area contributed by atoms with Crippen molar-refractivity contribution >= 4 is 0 Å². The minimum atomic E-state index is -3.25. The summed E-state index contributed by atoms with van der Waals surface area (Å²) >= 11 is 0. The summed E-state index contributed by atoms with van der Waals surface area (Å²) in [5, 5.41) is 0. The summed E-state index contributed by atoms with van der Waals surface area (Å²) < 4.78 is 52.1. The standard InChI is InChI=1S/C17H22F2O4/c1-15(2)20-10-12(21-15)17(18,19)14-13(22-16(3,4)23-14)11-8-6-5-7-9-11/h5-9,12-14H,10H2,1-4H3/t12-,13+,14-/m0/s1. The third-order valence-corrected chi connectivity index (χ3v) is 4.04. The van der Waals surface area contributed by atoms with Crippen molar-refractivity contribution < 1.29 is 27.7 Å². The maximum Gasteiger partial charge on any atom is 0.304 e. The summed E-state index contributed by atoms with van der Waals surface area (Å²) in [7, 11) is 0. The van der Waals surface area contributed by atoms with Crippen LogP contribution in [0.1, 0.15) is 39.4 Å². The maximum atomic E-state index is 15.0. The fourth-order valence-corrected chi connectivity index (χ4v) is 2.99. The number of ether oxygens (including phenoxy) is 4. The smallest absolute Gasteiger partial charge is 0.304 e. The Hall–Kier alpha value is -1.08. The first-order valence-corrected chi connectivity index (χ1v) is 7.71. The molecular formula is C17H22F2O4. The molecule has 0 radical (unpaired) electrons. The minimum Gasteiger partial charge on any atom is -0.348 e. The molecule has 1 aromatic rings. The average Bonchev–Trinajstić information content (AvgIpc) is 3.00. The van der Waals surface area contributed by atoms with Crippen molar-refractivity contribution in [3.05, 3.63) is 35.9 Å². The van der Waals surface area contributed by atoms with Gasteiger partial charge in [-0.25, -0.2) is 8.78 Å².